The van der Waals surface area contributed by atoms with Crippen molar-refractivity contribution in [2.45, 2.75) is 0 Å². The summed E-state index contributed by atoms with van der Waals surface area (Å²) in [7, 11) is 0. The molecule has 0 aromatic rings. The van der Waals surface area contributed by atoms with Gasteiger partial charge in [-0.25, -0.2) is 0 Å². The second-order valence-electron chi connectivity index (χ2n) is 0. The predicted octanol–water partition coefficient (Wildman–Crippen LogP) is 1.21. The fourth-order valence-corrected chi connectivity index (χ4v) is 0. The molecule has 0 spiro atoms. The minimum Gasteiger partial charge on any atom is -0.521 e. The zero-order chi connectivity index (χ0) is 4.00. The van der Waals surface area contributed by atoms with E-state index in [2.05, 4.69) is 26.3 Å². The minimum atomic E-state index is 0. The standard InChI is InChI=1S/2C2H3.Ni/c2*1-2;/h2*1H,2H2;/q2*-1;+2. The molecule has 0 nitrogen and oxygen atoms in total. The molecule has 5 heavy (non-hydrogen) atoms. The minimum absolute atomic E-state index is 0. The molecular formula is C4H6Ni. The molecule has 0 unspecified atom stereocenters. The maximum atomic E-state index is 4.25. The third-order valence-electron chi connectivity index (χ3n) is 0. The first kappa shape index (κ1) is 20.2. The van der Waals surface area contributed by atoms with E-state index in [0.29, 0.717) is 0 Å². The Kier molecular flexibility index (Phi) is 202000. The molecule has 0 bridgehead atoms. The Hall–Kier alpha value is -0.0265. The van der Waals surface area contributed by atoms with Crippen LogP contribution in [0.25, 0.3) is 0 Å². The van der Waals surface area contributed by atoms with E-state index in [0.717, 1.165) is 0 Å². The van der Waals surface area contributed by atoms with Crippen LogP contribution in [0, 0.1) is 13.2 Å². The first-order valence-corrected chi connectivity index (χ1v) is 0.816. The van der Waals surface area contributed by atoms with Crippen LogP contribution in [-0.4, -0.2) is 0 Å². The van der Waals surface area contributed by atoms with Gasteiger partial charge in [0.25, 0.3) is 0 Å². The van der Waals surface area contributed by atoms with Crippen molar-refractivity contribution in [1.29, 1.82) is 0 Å². The van der Waals surface area contributed by atoms with Crippen LogP contribution in [0.15, 0.2) is 13.2 Å². The van der Waals surface area contributed by atoms with Gasteiger partial charge in [0.15, 0.2) is 0 Å². The third-order valence-corrected chi connectivity index (χ3v) is 0. The second kappa shape index (κ2) is 50100. The Morgan fingerprint density at radius 1 is 0.800 bits per heavy atom. The maximum absolute atomic E-state index is 4.25. The van der Waals surface area contributed by atoms with Gasteiger partial charge in [-0.1, -0.05) is 0 Å². The van der Waals surface area contributed by atoms with Crippen LogP contribution in [0.1, 0.15) is 0 Å². The zero-order valence-electron chi connectivity index (χ0n) is 2.89. The van der Waals surface area contributed by atoms with Gasteiger partial charge in [-0.15, -0.1) is 0 Å². The zero-order valence-corrected chi connectivity index (χ0v) is 3.87. The molecule has 0 aromatic carbocycles. The first-order chi connectivity index (χ1) is 2.00. The van der Waals surface area contributed by atoms with Crippen LogP contribution in [0.3, 0.4) is 0 Å². The molecule has 0 N–H and O–H groups in total. The van der Waals surface area contributed by atoms with E-state index in [1.165, 1.54) is 0 Å². The summed E-state index contributed by atoms with van der Waals surface area (Å²) in [5, 5.41) is 0. The molecule has 0 fully saturated rings. The van der Waals surface area contributed by atoms with Gasteiger partial charge in [-0.3, -0.25) is 13.2 Å². The van der Waals surface area contributed by atoms with Gasteiger partial charge in [0.05, 0.1) is 0 Å². The van der Waals surface area contributed by atoms with Gasteiger partial charge in [0, 0.05) is 0 Å². The van der Waals surface area contributed by atoms with Crippen molar-refractivity contribution in [1.82, 2.24) is 0 Å². The van der Waals surface area contributed by atoms with Crippen molar-refractivity contribution in [2.75, 3.05) is 0 Å². The van der Waals surface area contributed by atoms with E-state index in [4.69, 9.17) is 0 Å². The Bertz CT molecular complexity index is 5.61. The van der Waals surface area contributed by atoms with E-state index in [9.17, 15) is 0 Å². The van der Waals surface area contributed by atoms with E-state index in [1.54, 1.807) is 0 Å². The van der Waals surface area contributed by atoms with Gasteiger partial charge in [0.2, 0.25) is 0 Å². The molecule has 32 valence electrons. The first-order valence-electron chi connectivity index (χ1n) is 0.816. The smallest absolute Gasteiger partial charge is 0.521 e. The molecule has 0 aliphatic rings. The molecule has 0 rings (SSSR count). The molecule has 0 saturated carbocycles. The van der Waals surface area contributed by atoms with Gasteiger partial charge in [-0.05, 0) is 0 Å². The largest absolute Gasteiger partial charge is 2.00 e. The molecule has 0 heterocycles. The van der Waals surface area contributed by atoms with Crippen LogP contribution < -0.4 is 0 Å². The second-order valence-corrected chi connectivity index (χ2v) is 0. The maximum Gasteiger partial charge on any atom is 2.00 e. The van der Waals surface area contributed by atoms with Gasteiger partial charge < -0.3 is 13.2 Å². The Morgan fingerprint density at radius 3 is 0.800 bits per heavy atom. The third kappa shape index (κ3) is 22000. The monoisotopic (exact) mass is 112 g/mol. The molecular weight excluding hydrogens is 107 g/mol. The summed E-state index contributed by atoms with van der Waals surface area (Å²) < 4.78 is 0. The van der Waals surface area contributed by atoms with Crippen molar-refractivity contribution in [3.05, 3.63) is 26.3 Å². The predicted molar refractivity (Wildman–Crippen MR) is 19.9 cm³/mol. The summed E-state index contributed by atoms with van der Waals surface area (Å²) in [4.78, 5) is 0. The Labute approximate surface area is 43.5 Å². The number of rotatable bonds is 0. The molecule has 0 saturated heterocycles. The summed E-state index contributed by atoms with van der Waals surface area (Å²) in [5.41, 5.74) is 0. The summed E-state index contributed by atoms with van der Waals surface area (Å²) in [6.07, 6.45) is 0. The fourth-order valence-electron chi connectivity index (χ4n) is 0. The number of hydrogen-bond donors (Lipinski definition) is 0. The SMILES string of the molecule is [CH-]=C.[CH-]=C.[Ni+2]. The molecule has 0 amide bonds. The van der Waals surface area contributed by atoms with Crippen LogP contribution in [0.2, 0.25) is 0 Å². The van der Waals surface area contributed by atoms with Crippen LogP contribution >= 0.6 is 0 Å². The van der Waals surface area contributed by atoms with Crippen molar-refractivity contribution < 1.29 is 16.5 Å². The fraction of sp³-hybridized carbons (Fsp3) is 0. The molecule has 0 radical (unpaired) electrons. The topological polar surface area (TPSA) is 0 Å². The normalized spacial score (nSPS) is 1.60. The van der Waals surface area contributed by atoms with Crippen molar-refractivity contribution in [3.63, 3.8) is 0 Å². The van der Waals surface area contributed by atoms with E-state index in [1.807, 2.05) is 0 Å². The molecule has 0 aliphatic heterocycles. The van der Waals surface area contributed by atoms with Crippen molar-refractivity contribution >= 4 is 0 Å². The van der Waals surface area contributed by atoms with Gasteiger partial charge in [-0.2, -0.15) is 0 Å². The molecule has 1 heteroatoms. The van der Waals surface area contributed by atoms with Crippen molar-refractivity contribution in [2.24, 2.45) is 0 Å². The summed E-state index contributed by atoms with van der Waals surface area (Å²) in [5.74, 6) is 0. The van der Waals surface area contributed by atoms with Crippen molar-refractivity contribution in [3.8, 4) is 0 Å². The van der Waals surface area contributed by atoms with E-state index in [-0.39, 0.29) is 16.5 Å². The van der Waals surface area contributed by atoms with Crippen LogP contribution in [0.5, 0.6) is 0 Å². The summed E-state index contributed by atoms with van der Waals surface area (Å²) in [6, 6.07) is 0. The average molecular weight is 113 g/mol. The van der Waals surface area contributed by atoms with Gasteiger partial charge in [0.1, 0.15) is 0 Å². The Morgan fingerprint density at radius 2 is 0.800 bits per heavy atom. The molecule has 0 aliphatic carbocycles. The van der Waals surface area contributed by atoms with Gasteiger partial charge >= 0.3 is 16.5 Å². The Balaban J connectivity index is -0.0000000133. The van der Waals surface area contributed by atoms with Crippen LogP contribution in [0.4, 0.5) is 0 Å². The average Bonchev–Trinajstić information content (AvgIpc) is 1.50. The molecule has 0 aromatic heterocycles. The summed E-state index contributed by atoms with van der Waals surface area (Å²) >= 11 is 0. The molecule has 0 atom stereocenters. The van der Waals surface area contributed by atoms with E-state index < -0.39 is 0 Å². The van der Waals surface area contributed by atoms with Crippen LogP contribution in [-0.2, 0) is 16.5 Å². The summed E-state index contributed by atoms with van der Waals surface area (Å²) in [6.45, 7) is 14.0. The van der Waals surface area contributed by atoms with E-state index >= 15 is 0 Å². The number of hydrogen-bond acceptors (Lipinski definition) is 0. The quantitative estimate of drug-likeness (QED) is 0.327.